The van der Waals surface area contributed by atoms with E-state index in [1.165, 1.54) is 0 Å². The molecule has 0 aliphatic carbocycles. The normalized spacial score (nSPS) is 12.2. The van der Waals surface area contributed by atoms with E-state index < -0.39 is 6.10 Å². The highest BCUT2D eigenvalue weighted by Gasteiger charge is 2.12. The monoisotopic (exact) mass is 283 g/mol. The molecule has 0 unspecified atom stereocenters. The van der Waals surface area contributed by atoms with Crippen molar-refractivity contribution >= 4 is 23.2 Å². The molecule has 1 aromatic carbocycles. The maximum Gasteiger partial charge on any atom is 0.225 e. The molecule has 1 atom stereocenters. The number of rotatable bonds is 3. The largest absolute Gasteiger partial charge is 0.437 e. The van der Waals surface area contributed by atoms with Gasteiger partial charge in [-0.1, -0.05) is 23.2 Å². The van der Waals surface area contributed by atoms with Crippen molar-refractivity contribution in [3.8, 4) is 11.6 Å². The number of benzene rings is 1. The summed E-state index contributed by atoms with van der Waals surface area (Å²) in [6, 6.07) is 8.39. The summed E-state index contributed by atoms with van der Waals surface area (Å²) in [7, 11) is 0. The summed E-state index contributed by atoms with van der Waals surface area (Å²) in [5.74, 6) is 0.724. The molecule has 94 valence electrons. The fourth-order valence-electron chi connectivity index (χ4n) is 1.47. The van der Waals surface area contributed by atoms with Gasteiger partial charge in [-0.15, -0.1) is 0 Å². The van der Waals surface area contributed by atoms with Crippen LogP contribution in [-0.2, 0) is 0 Å². The number of halogens is 2. The number of aliphatic hydroxyl groups is 1. The van der Waals surface area contributed by atoms with Gasteiger partial charge in [-0.2, -0.15) is 0 Å². The van der Waals surface area contributed by atoms with Crippen LogP contribution in [0.2, 0.25) is 10.0 Å². The summed E-state index contributed by atoms with van der Waals surface area (Å²) in [6.07, 6.45) is 0.909. The molecule has 0 spiro atoms. The third kappa shape index (κ3) is 2.93. The molecule has 0 fully saturated rings. The average Bonchev–Trinajstić information content (AvgIpc) is 2.34. The molecular formula is C13H11Cl2NO2. The van der Waals surface area contributed by atoms with E-state index in [1.54, 1.807) is 43.5 Å². The molecule has 0 saturated carbocycles. The van der Waals surface area contributed by atoms with E-state index in [1.807, 2.05) is 0 Å². The molecule has 3 nitrogen and oxygen atoms in total. The van der Waals surface area contributed by atoms with Crippen LogP contribution in [0.4, 0.5) is 0 Å². The molecule has 2 rings (SSSR count). The fraction of sp³-hybridized carbons (Fsp3) is 0.154. The highest BCUT2D eigenvalue weighted by atomic mass is 35.5. The van der Waals surface area contributed by atoms with Crippen LogP contribution >= 0.6 is 23.2 Å². The van der Waals surface area contributed by atoms with Gasteiger partial charge in [-0.3, -0.25) is 0 Å². The fourth-order valence-corrected chi connectivity index (χ4v) is 1.78. The van der Waals surface area contributed by atoms with Gasteiger partial charge >= 0.3 is 0 Å². The van der Waals surface area contributed by atoms with Crippen LogP contribution in [0, 0.1) is 0 Å². The molecule has 1 heterocycles. The van der Waals surface area contributed by atoms with E-state index in [2.05, 4.69) is 4.98 Å². The van der Waals surface area contributed by atoms with E-state index in [9.17, 15) is 5.11 Å². The van der Waals surface area contributed by atoms with E-state index in [0.29, 0.717) is 27.2 Å². The molecule has 0 bridgehead atoms. The Hall–Kier alpha value is -1.29. The Kier molecular flexibility index (Phi) is 4.07. The smallest absolute Gasteiger partial charge is 0.225 e. The Morgan fingerprint density at radius 1 is 1.28 bits per heavy atom. The van der Waals surface area contributed by atoms with Crippen LogP contribution in [0.15, 0.2) is 36.5 Å². The van der Waals surface area contributed by atoms with Crippen LogP contribution < -0.4 is 4.74 Å². The predicted molar refractivity (Wildman–Crippen MR) is 71.4 cm³/mol. The van der Waals surface area contributed by atoms with Crippen molar-refractivity contribution in [3.05, 3.63) is 52.1 Å². The molecule has 18 heavy (non-hydrogen) atoms. The maximum absolute atomic E-state index is 9.63. The number of pyridine rings is 1. The lowest BCUT2D eigenvalue weighted by Crippen LogP contribution is -1.98. The first-order valence-electron chi connectivity index (χ1n) is 5.34. The topological polar surface area (TPSA) is 42.4 Å². The molecule has 1 N–H and O–H groups in total. The van der Waals surface area contributed by atoms with Crippen LogP contribution in [-0.4, -0.2) is 10.1 Å². The van der Waals surface area contributed by atoms with Gasteiger partial charge in [-0.05, 0) is 31.2 Å². The molecule has 5 heteroatoms. The molecule has 0 amide bonds. The first kappa shape index (κ1) is 13.1. The van der Waals surface area contributed by atoms with Gasteiger partial charge in [0.2, 0.25) is 5.88 Å². The summed E-state index contributed by atoms with van der Waals surface area (Å²) in [4.78, 5) is 4.08. The van der Waals surface area contributed by atoms with Gasteiger partial charge in [0, 0.05) is 22.8 Å². The molecule has 0 aliphatic rings. The number of ether oxygens (including phenoxy) is 1. The number of hydrogen-bond acceptors (Lipinski definition) is 3. The van der Waals surface area contributed by atoms with Crippen molar-refractivity contribution in [3.63, 3.8) is 0 Å². The molecular weight excluding hydrogens is 273 g/mol. The third-order valence-electron chi connectivity index (χ3n) is 2.35. The third-order valence-corrected chi connectivity index (χ3v) is 2.90. The summed E-state index contributed by atoms with van der Waals surface area (Å²) < 4.78 is 5.59. The first-order chi connectivity index (χ1) is 8.58. The molecule has 0 radical (unpaired) electrons. The van der Waals surface area contributed by atoms with E-state index >= 15 is 0 Å². The molecule has 2 aromatic rings. The van der Waals surface area contributed by atoms with Crippen molar-refractivity contribution in [1.82, 2.24) is 4.98 Å². The van der Waals surface area contributed by atoms with Gasteiger partial charge in [0.1, 0.15) is 5.75 Å². The minimum Gasteiger partial charge on any atom is -0.437 e. The number of aromatic nitrogens is 1. The minimum absolute atomic E-state index is 0.316. The Morgan fingerprint density at radius 3 is 2.78 bits per heavy atom. The van der Waals surface area contributed by atoms with Gasteiger partial charge in [0.05, 0.1) is 11.1 Å². The quantitative estimate of drug-likeness (QED) is 0.916. The summed E-state index contributed by atoms with van der Waals surface area (Å²) in [5.41, 5.74) is 0.591. The van der Waals surface area contributed by atoms with Crippen molar-refractivity contribution in [2.24, 2.45) is 0 Å². The summed E-state index contributed by atoms with van der Waals surface area (Å²) in [6.45, 7) is 1.64. The van der Waals surface area contributed by atoms with Gasteiger partial charge < -0.3 is 9.84 Å². The van der Waals surface area contributed by atoms with Crippen LogP contribution in [0.1, 0.15) is 18.6 Å². The summed E-state index contributed by atoms with van der Waals surface area (Å²) >= 11 is 11.9. The van der Waals surface area contributed by atoms with Crippen molar-refractivity contribution in [2.75, 3.05) is 0 Å². The summed E-state index contributed by atoms with van der Waals surface area (Å²) in [5, 5.41) is 10.6. The Bertz CT molecular complexity index is 558. The molecule has 0 saturated heterocycles. The molecule has 0 aliphatic heterocycles. The highest BCUT2D eigenvalue weighted by Crippen LogP contribution is 2.33. The SMILES string of the molecule is C[C@@H](O)c1cccnc1Oc1cc(Cl)ccc1Cl. The minimum atomic E-state index is -0.674. The zero-order valence-electron chi connectivity index (χ0n) is 9.60. The van der Waals surface area contributed by atoms with Crippen LogP contribution in [0.25, 0.3) is 0 Å². The van der Waals surface area contributed by atoms with E-state index in [0.717, 1.165) is 0 Å². The Balaban J connectivity index is 2.37. The van der Waals surface area contributed by atoms with Crippen molar-refractivity contribution in [2.45, 2.75) is 13.0 Å². The first-order valence-corrected chi connectivity index (χ1v) is 6.09. The van der Waals surface area contributed by atoms with Crippen LogP contribution in [0.5, 0.6) is 11.6 Å². The second-order valence-corrected chi connectivity index (χ2v) is 4.59. The zero-order chi connectivity index (χ0) is 13.1. The van der Waals surface area contributed by atoms with Gasteiger partial charge in [-0.25, -0.2) is 4.98 Å². The maximum atomic E-state index is 9.63. The van der Waals surface area contributed by atoms with E-state index in [4.69, 9.17) is 27.9 Å². The van der Waals surface area contributed by atoms with Crippen molar-refractivity contribution in [1.29, 1.82) is 0 Å². The average molecular weight is 284 g/mol. The lowest BCUT2D eigenvalue weighted by molar-refractivity contribution is 0.194. The standard InChI is InChI=1S/C13H11Cl2NO2/c1-8(17)10-3-2-6-16-13(10)18-12-7-9(14)4-5-11(12)15/h2-8,17H,1H3/t8-/m1/s1. The second kappa shape index (κ2) is 5.57. The zero-order valence-corrected chi connectivity index (χ0v) is 11.1. The van der Waals surface area contributed by atoms with Gasteiger partial charge in [0.25, 0.3) is 0 Å². The Labute approximate surface area is 115 Å². The van der Waals surface area contributed by atoms with Crippen molar-refractivity contribution < 1.29 is 9.84 Å². The lowest BCUT2D eigenvalue weighted by atomic mass is 10.2. The number of aliphatic hydroxyl groups excluding tert-OH is 1. The number of nitrogens with zero attached hydrogens (tertiary/aromatic N) is 1. The highest BCUT2D eigenvalue weighted by molar-refractivity contribution is 6.34. The predicted octanol–water partition coefficient (Wildman–Crippen LogP) is 4.23. The number of hydrogen-bond donors (Lipinski definition) is 1. The van der Waals surface area contributed by atoms with Gasteiger partial charge in [0.15, 0.2) is 0 Å². The lowest BCUT2D eigenvalue weighted by Gasteiger charge is -2.12. The second-order valence-electron chi connectivity index (χ2n) is 3.75. The molecule has 1 aromatic heterocycles. The van der Waals surface area contributed by atoms with Crippen LogP contribution in [0.3, 0.4) is 0 Å². The Morgan fingerprint density at radius 2 is 2.06 bits per heavy atom. The van der Waals surface area contributed by atoms with E-state index in [-0.39, 0.29) is 0 Å².